The summed E-state index contributed by atoms with van der Waals surface area (Å²) in [7, 11) is 0. The van der Waals surface area contributed by atoms with Crippen LogP contribution in [-0.4, -0.2) is 25.7 Å². The number of carbonyl (C=O) groups excluding carboxylic acids is 1. The molecule has 2 aromatic carbocycles. The molecule has 4 nitrogen and oxygen atoms in total. The Morgan fingerprint density at radius 1 is 1.00 bits per heavy atom. The largest absolute Gasteiger partial charge is 0.493 e. The topological polar surface area (TPSA) is 47.6 Å². The van der Waals surface area contributed by atoms with Crippen LogP contribution in [0.2, 0.25) is 0 Å². The van der Waals surface area contributed by atoms with Gasteiger partial charge in [0, 0.05) is 12.3 Å². The molecule has 0 fully saturated rings. The summed E-state index contributed by atoms with van der Waals surface area (Å²) in [6.07, 6.45) is 1.76. The predicted molar refractivity (Wildman–Crippen MR) is 96.5 cm³/mol. The average Bonchev–Trinajstić information content (AvgIpc) is 2.55. The van der Waals surface area contributed by atoms with Crippen LogP contribution in [-0.2, 0) is 9.53 Å². The van der Waals surface area contributed by atoms with Crippen LogP contribution in [0.3, 0.4) is 0 Å². The van der Waals surface area contributed by atoms with E-state index in [2.05, 4.69) is 5.32 Å². The molecule has 2 aromatic rings. The monoisotopic (exact) mass is 327 g/mol. The molecule has 0 aliphatic heterocycles. The molecule has 0 radical (unpaired) electrons. The molecule has 1 amide bonds. The van der Waals surface area contributed by atoms with Gasteiger partial charge in [-0.3, -0.25) is 4.79 Å². The van der Waals surface area contributed by atoms with E-state index in [1.54, 1.807) is 0 Å². The van der Waals surface area contributed by atoms with Crippen molar-refractivity contribution >= 4 is 11.6 Å². The smallest absolute Gasteiger partial charge is 0.250 e. The van der Waals surface area contributed by atoms with Crippen LogP contribution in [0, 0.1) is 13.8 Å². The zero-order chi connectivity index (χ0) is 17.2. The van der Waals surface area contributed by atoms with Crippen molar-refractivity contribution in [3.63, 3.8) is 0 Å². The van der Waals surface area contributed by atoms with Gasteiger partial charge in [0.25, 0.3) is 0 Å². The molecule has 0 heterocycles. The summed E-state index contributed by atoms with van der Waals surface area (Å²) in [6.45, 7) is 5.31. The molecule has 0 aromatic heterocycles. The molecule has 2 rings (SSSR count). The standard InChI is InChI=1S/C20H25NO3/c1-16-8-7-10-18(14-16)21-20(22)15-23-12-5-6-13-24-19-11-4-3-9-17(19)2/h3-4,7-11,14H,5-6,12-13,15H2,1-2H3,(H,21,22). The number of hydrogen-bond acceptors (Lipinski definition) is 3. The molecular formula is C20H25NO3. The van der Waals surface area contributed by atoms with Crippen molar-refractivity contribution in [2.24, 2.45) is 0 Å². The highest BCUT2D eigenvalue weighted by molar-refractivity contribution is 5.91. The lowest BCUT2D eigenvalue weighted by atomic mass is 10.2. The lowest BCUT2D eigenvalue weighted by molar-refractivity contribution is -0.120. The van der Waals surface area contributed by atoms with E-state index >= 15 is 0 Å². The number of nitrogens with one attached hydrogen (secondary N) is 1. The van der Waals surface area contributed by atoms with Crippen molar-refractivity contribution in [3.05, 3.63) is 59.7 Å². The van der Waals surface area contributed by atoms with E-state index in [4.69, 9.17) is 9.47 Å². The summed E-state index contributed by atoms with van der Waals surface area (Å²) in [6, 6.07) is 15.7. The van der Waals surface area contributed by atoms with Gasteiger partial charge in [0.2, 0.25) is 5.91 Å². The number of carbonyl (C=O) groups is 1. The van der Waals surface area contributed by atoms with Crippen LogP contribution in [0.5, 0.6) is 5.75 Å². The number of hydrogen-bond donors (Lipinski definition) is 1. The molecular weight excluding hydrogens is 302 g/mol. The Morgan fingerprint density at radius 2 is 1.79 bits per heavy atom. The highest BCUT2D eigenvalue weighted by atomic mass is 16.5. The van der Waals surface area contributed by atoms with E-state index in [1.807, 2.05) is 62.4 Å². The summed E-state index contributed by atoms with van der Waals surface area (Å²) in [5.41, 5.74) is 3.05. The minimum absolute atomic E-state index is 0.0760. The predicted octanol–water partition coefficient (Wildman–Crippen LogP) is 4.12. The first-order valence-corrected chi connectivity index (χ1v) is 8.28. The molecule has 0 unspecified atom stereocenters. The van der Waals surface area contributed by atoms with E-state index in [1.165, 1.54) is 0 Å². The fourth-order valence-corrected chi connectivity index (χ4v) is 2.29. The number of rotatable bonds is 9. The summed E-state index contributed by atoms with van der Waals surface area (Å²) in [5, 5.41) is 2.82. The van der Waals surface area contributed by atoms with Gasteiger partial charge in [-0.2, -0.15) is 0 Å². The van der Waals surface area contributed by atoms with Gasteiger partial charge in [-0.15, -0.1) is 0 Å². The first kappa shape index (κ1) is 18.0. The second-order valence-corrected chi connectivity index (χ2v) is 5.79. The number of para-hydroxylation sites is 1. The number of amides is 1. The third-order valence-electron chi connectivity index (χ3n) is 3.57. The fraction of sp³-hybridized carbons (Fsp3) is 0.350. The molecule has 1 N–H and O–H groups in total. The van der Waals surface area contributed by atoms with E-state index in [9.17, 15) is 4.79 Å². The van der Waals surface area contributed by atoms with E-state index < -0.39 is 0 Å². The van der Waals surface area contributed by atoms with Crippen LogP contribution < -0.4 is 10.1 Å². The zero-order valence-corrected chi connectivity index (χ0v) is 14.4. The molecule has 0 saturated carbocycles. The maximum atomic E-state index is 11.8. The van der Waals surface area contributed by atoms with Crippen LogP contribution >= 0.6 is 0 Å². The minimum atomic E-state index is -0.128. The molecule has 0 bridgehead atoms. The summed E-state index contributed by atoms with van der Waals surface area (Å²) < 4.78 is 11.1. The Hall–Kier alpha value is -2.33. The summed E-state index contributed by atoms with van der Waals surface area (Å²) in [4.78, 5) is 11.8. The average molecular weight is 327 g/mol. The first-order valence-electron chi connectivity index (χ1n) is 8.28. The molecule has 0 saturated heterocycles. The van der Waals surface area contributed by atoms with Crippen LogP contribution in [0.25, 0.3) is 0 Å². The quantitative estimate of drug-likeness (QED) is 0.705. The van der Waals surface area contributed by atoms with Gasteiger partial charge in [0.05, 0.1) is 6.61 Å². The number of anilines is 1. The molecule has 0 aliphatic carbocycles. The third kappa shape index (κ3) is 6.42. The van der Waals surface area contributed by atoms with E-state index in [0.717, 1.165) is 35.4 Å². The van der Waals surface area contributed by atoms with Gasteiger partial charge in [0.15, 0.2) is 0 Å². The van der Waals surface area contributed by atoms with Gasteiger partial charge in [-0.1, -0.05) is 30.3 Å². The summed E-state index contributed by atoms with van der Waals surface area (Å²) >= 11 is 0. The van der Waals surface area contributed by atoms with Gasteiger partial charge < -0.3 is 14.8 Å². The maximum absolute atomic E-state index is 11.8. The molecule has 0 aliphatic rings. The lowest BCUT2D eigenvalue weighted by Crippen LogP contribution is -2.18. The van der Waals surface area contributed by atoms with Crippen molar-refractivity contribution in [1.82, 2.24) is 0 Å². The Labute approximate surface area is 143 Å². The van der Waals surface area contributed by atoms with Crippen molar-refractivity contribution in [3.8, 4) is 5.75 Å². The highest BCUT2D eigenvalue weighted by Crippen LogP contribution is 2.16. The van der Waals surface area contributed by atoms with Gasteiger partial charge in [-0.05, 0) is 56.0 Å². The highest BCUT2D eigenvalue weighted by Gasteiger charge is 2.03. The zero-order valence-electron chi connectivity index (χ0n) is 14.4. The molecule has 24 heavy (non-hydrogen) atoms. The normalized spacial score (nSPS) is 10.4. The van der Waals surface area contributed by atoms with E-state index in [-0.39, 0.29) is 12.5 Å². The van der Waals surface area contributed by atoms with Crippen molar-refractivity contribution < 1.29 is 14.3 Å². The van der Waals surface area contributed by atoms with Crippen LogP contribution in [0.15, 0.2) is 48.5 Å². The Bertz CT molecular complexity index is 655. The maximum Gasteiger partial charge on any atom is 0.250 e. The number of aryl methyl sites for hydroxylation is 2. The minimum Gasteiger partial charge on any atom is -0.493 e. The second kappa shape index (κ2) is 9.73. The molecule has 4 heteroatoms. The van der Waals surface area contributed by atoms with Crippen molar-refractivity contribution in [2.75, 3.05) is 25.1 Å². The van der Waals surface area contributed by atoms with Crippen molar-refractivity contribution in [2.45, 2.75) is 26.7 Å². The number of ether oxygens (including phenoxy) is 2. The summed E-state index contributed by atoms with van der Waals surface area (Å²) in [5.74, 6) is 0.799. The Kier molecular flexibility index (Phi) is 7.30. The first-order chi connectivity index (χ1) is 11.6. The number of benzene rings is 2. The van der Waals surface area contributed by atoms with Gasteiger partial charge >= 0.3 is 0 Å². The number of unbranched alkanes of at least 4 members (excludes halogenated alkanes) is 1. The van der Waals surface area contributed by atoms with E-state index in [0.29, 0.717) is 13.2 Å². The van der Waals surface area contributed by atoms with Gasteiger partial charge in [-0.25, -0.2) is 0 Å². The molecule has 0 atom stereocenters. The molecule has 0 spiro atoms. The third-order valence-corrected chi connectivity index (χ3v) is 3.57. The van der Waals surface area contributed by atoms with Gasteiger partial charge in [0.1, 0.15) is 12.4 Å². The lowest BCUT2D eigenvalue weighted by Gasteiger charge is -2.09. The SMILES string of the molecule is Cc1cccc(NC(=O)COCCCCOc2ccccc2C)c1. The van der Waals surface area contributed by atoms with Crippen LogP contribution in [0.1, 0.15) is 24.0 Å². The Morgan fingerprint density at radius 3 is 2.58 bits per heavy atom. The second-order valence-electron chi connectivity index (χ2n) is 5.79. The Balaban J connectivity index is 1.53. The van der Waals surface area contributed by atoms with Crippen LogP contribution in [0.4, 0.5) is 5.69 Å². The molecule has 128 valence electrons. The fourth-order valence-electron chi connectivity index (χ4n) is 2.29. The van der Waals surface area contributed by atoms with Crippen molar-refractivity contribution in [1.29, 1.82) is 0 Å².